The molecule has 2 heterocycles. The lowest BCUT2D eigenvalue weighted by molar-refractivity contribution is -0.133. The maximum atomic E-state index is 13.4. The van der Waals surface area contributed by atoms with E-state index in [0.29, 0.717) is 54.2 Å². The largest absolute Gasteiger partial charge is 0.484 e. The minimum Gasteiger partial charge on any atom is -0.484 e. The first-order valence-electron chi connectivity index (χ1n) is 10.0. The molecular formula is C22H22ClFN4O3. The molecule has 0 spiro atoms. The van der Waals surface area contributed by atoms with Crippen LogP contribution in [0.15, 0.2) is 53.1 Å². The van der Waals surface area contributed by atoms with Crippen molar-refractivity contribution in [3.63, 3.8) is 0 Å². The molecule has 1 saturated heterocycles. The Morgan fingerprint density at radius 1 is 1.13 bits per heavy atom. The van der Waals surface area contributed by atoms with Crippen LogP contribution in [-0.4, -0.2) is 58.6 Å². The maximum absolute atomic E-state index is 13.4. The molecule has 1 aliphatic rings. The summed E-state index contributed by atoms with van der Waals surface area (Å²) >= 11 is 5.86. The fourth-order valence-corrected chi connectivity index (χ4v) is 3.53. The molecule has 1 fully saturated rings. The van der Waals surface area contributed by atoms with Crippen molar-refractivity contribution in [2.45, 2.75) is 13.0 Å². The molecule has 0 bridgehead atoms. The van der Waals surface area contributed by atoms with Gasteiger partial charge in [0.2, 0.25) is 11.7 Å². The van der Waals surface area contributed by atoms with Crippen molar-refractivity contribution < 1.29 is 18.4 Å². The van der Waals surface area contributed by atoms with Crippen LogP contribution in [0, 0.1) is 5.82 Å². The summed E-state index contributed by atoms with van der Waals surface area (Å²) in [6, 6.07) is 13.0. The van der Waals surface area contributed by atoms with Crippen molar-refractivity contribution in [2.75, 3.05) is 32.8 Å². The molecule has 2 aromatic carbocycles. The molecule has 9 heteroatoms. The van der Waals surface area contributed by atoms with Crippen molar-refractivity contribution in [3.05, 3.63) is 65.3 Å². The van der Waals surface area contributed by atoms with E-state index >= 15 is 0 Å². The van der Waals surface area contributed by atoms with Crippen LogP contribution in [0.25, 0.3) is 11.4 Å². The zero-order valence-corrected chi connectivity index (χ0v) is 17.6. The van der Waals surface area contributed by atoms with Crippen LogP contribution in [0.5, 0.6) is 5.75 Å². The minimum atomic E-state index is -0.346. The van der Waals surface area contributed by atoms with E-state index in [1.54, 1.807) is 36.4 Å². The fourth-order valence-electron chi connectivity index (χ4n) is 3.40. The van der Waals surface area contributed by atoms with Crippen LogP contribution in [-0.2, 0) is 11.3 Å². The third-order valence-electron chi connectivity index (χ3n) is 5.03. The van der Waals surface area contributed by atoms with E-state index in [1.807, 2.05) is 4.90 Å². The van der Waals surface area contributed by atoms with Gasteiger partial charge in [0.25, 0.3) is 5.91 Å². The summed E-state index contributed by atoms with van der Waals surface area (Å²) in [7, 11) is 0. The van der Waals surface area contributed by atoms with Gasteiger partial charge in [-0.05, 0) is 42.8 Å². The fraction of sp³-hybridized carbons (Fsp3) is 0.318. The molecule has 4 rings (SSSR count). The molecule has 3 aromatic rings. The van der Waals surface area contributed by atoms with Crippen LogP contribution in [0.4, 0.5) is 4.39 Å². The quantitative estimate of drug-likeness (QED) is 0.578. The summed E-state index contributed by atoms with van der Waals surface area (Å²) in [6.07, 6.45) is 0.831. The Morgan fingerprint density at radius 3 is 2.77 bits per heavy atom. The molecule has 0 saturated carbocycles. The monoisotopic (exact) mass is 444 g/mol. The zero-order valence-electron chi connectivity index (χ0n) is 16.8. The number of rotatable bonds is 6. The average Bonchev–Trinajstić information content (AvgIpc) is 3.11. The second kappa shape index (κ2) is 9.89. The van der Waals surface area contributed by atoms with Crippen LogP contribution in [0.2, 0.25) is 5.02 Å². The zero-order chi connectivity index (χ0) is 21.6. The summed E-state index contributed by atoms with van der Waals surface area (Å²) in [5, 5.41) is 4.57. The lowest BCUT2D eigenvalue weighted by atomic mass is 10.2. The summed E-state index contributed by atoms with van der Waals surface area (Å²) in [4.78, 5) is 20.9. The Kier molecular flexibility index (Phi) is 6.79. The van der Waals surface area contributed by atoms with E-state index in [2.05, 4.69) is 15.0 Å². The standard InChI is InChI=1S/C22H22ClFN4O3/c23-17-5-7-19(8-6-17)30-15-21(29)28-10-2-9-27(11-12-28)14-20-25-22(26-31-20)16-3-1-4-18(24)13-16/h1,3-8,13H,2,9-12,14-15H2. The SMILES string of the molecule is O=C(COc1ccc(Cl)cc1)N1CCCN(Cc2nc(-c3cccc(F)c3)no2)CC1. The number of aromatic nitrogens is 2. The number of carbonyl (C=O) groups excluding carboxylic acids is 1. The topological polar surface area (TPSA) is 71.7 Å². The molecule has 0 aliphatic carbocycles. The van der Waals surface area contributed by atoms with Gasteiger partial charge >= 0.3 is 0 Å². The van der Waals surface area contributed by atoms with Gasteiger partial charge in [0, 0.05) is 36.8 Å². The van der Waals surface area contributed by atoms with Crippen LogP contribution in [0.1, 0.15) is 12.3 Å². The van der Waals surface area contributed by atoms with Gasteiger partial charge in [0.15, 0.2) is 6.61 Å². The maximum Gasteiger partial charge on any atom is 0.260 e. The van der Waals surface area contributed by atoms with Gasteiger partial charge < -0.3 is 14.2 Å². The number of hydrogen-bond donors (Lipinski definition) is 0. The first-order valence-corrected chi connectivity index (χ1v) is 10.4. The van der Waals surface area contributed by atoms with Gasteiger partial charge in [0.1, 0.15) is 11.6 Å². The number of nitrogens with zero attached hydrogens (tertiary/aromatic N) is 4. The predicted molar refractivity (Wildman–Crippen MR) is 113 cm³/mol. The molecule has 0 atom stereocenters. The molecule has 1 aliphatic heterocycles. The molecule has 0 radical (unpaired) electrons. The predicted octanol–water partition coefficient (Wildman–Crippen LogP) is 3.64. The first kappa shape index (κ1) is 21.3. The first-order chi connectivity index (χ1) is 15.1. The summed E-state index contributed by atoms with van der Waals surface area (Å²) < 4.78 is 24.3. The summed E-state index contributed by atoms with van der Waals surface area (Å²) in [5.41, 5.74) is 0.573. The minimum absolute atomic E-state index is 0.0116. The van der Waals surface area contributed by atoms with E-state index in [9.17, 15) is 9.18 Å². The van der Waals surface area contributed by atoms with Gasteiger partial charge in [-0.25, -0.2) is 4.39 Å². The lowest BCUT2D eigenvalue weighted by Crippen LogP contribution is -2.38. The number of benzene rings is 2. The molecule has 1 amide bonds. The summed E-state index contributed by atoms with van der Waals surface area (Å²) in [5.74, 6) is 1.04. The Labute approximate surface area is 184 Å². The second-order valence-corrected chi connectivity index (χ2v) is 7.71. The van der Waals surface area contributed by atoms with Gasteiger partial charge in [0.05, 0.1) is 6.54 Å². The number of amides is 1. The molecule has 0 unspecified atom stereocenters. The van der Waals surface area contributed by atoms with Gasteiger partial charge in [-0.1, -0.05) is 28.9 Å². The number of ether oxygens (including phenoxy) is 1. The molecule has 1 aromatic heterocycles. The van der Waals surface area contributed by atoms with E-state index in [0.717, 1.165) is 13.0 Å². The molecule has 162 valence electrons. The van der Waals surface area contributed by atoms with Crippen molar-refractivity contribution in [1.82, 2.24) is 19.9 Å². The number of carbonyl (C=O) groups is 1. The van der Waals surface area contributed by atoms with E-state index in [1.165, 1.54) is 12.1 Å². The highest BCUT2D eigenvalue weighted by Crippen LogP contribution is 2.18. The third-order valence-corrected chi connectivity index (χ3v) is 5.28. The smallest absolute Gasteiger partial charge is 0.260 e. The highest BCUT2D eigenvalue weighted by Gasteiger charge is 2.21. The molecule has 7 nitrogen and oxygen atoms in total. The van der Waals surface area contributed by atoms with Crippen molar-refractivity contribution >= 4 is 17.5 Å². The average molecular weight is 445 g/mol. The van der Waals surface area contributed by atoms with E-state index < -0.39 is 0 Å². The van der Waals surface area contributed by atoms with Crippen molar-refractivity contribution in [1.29, 1.82) is 0 Å². The lowest BCUT2D eigenvalue weighted by Gasteiger charge is -2.21. The Bertz CT molecular complexity index is 1030. The molecular weight excluding hydrogens is 423 g/mol. The van der Waals surface area contributed by atoms with E-state index in [4.69, 9.17) is 20.9 Å². The van der Waals surface area contributed by atoms with Crippen LogP contribution in [0.3, 0.4) is 0 Å². The number of halogens is 2. The van der Waals surface area contributed by atoms with Gasteiger partial charge in [-0.3, -0.25) is 9.69 Å². The Hall–Kier alpha value is -2.97. The highest BCUT2D eigenvalue weighted by molar-refractivity contribution is 6.30. The van der Waals surface area contributed by atoms with Crippen molar-refractivity contribution in [2.24, 2.45) is 0 Å². The molecule has 31 heavy (non-hydrogen) atoms. The number of hydrogen-bond acceptors (Lipinski definition) is 6. The molecule has 0 N–H and O–H groups in total. The summed E-state index contributed by atoms with van der Waals surface area (Å²) in [6.45, 7) is 3.21. The van der Waals surface area contributed by atoms with Gasteiger partial charge in [-0.15, -0.1) is 0 Å². The second-order valence-electron chi connectivity index (χ2n) is 7.28. The van der Waals surface area contributed by atoms with Crippen LogP contribution >= 0.6 is 11.6 Å². The Balaban J connectivity index is 1.28. The van der Waals surface area contributed by atoms with Gasteiger partial charge in [-0.2, -0.15) is 4.98 Å². The van der Waals surface area contributed by atoms with Crippen molar-refractivity contribution in [3.8, 4) is 17.1 Å². The van der Waals surface area contributed by atoms with E-state index in [-0.39, 0.29) is 18.3 Å². The third kappa shape index (κ3) is 5.80. The normalized spacial score (nSPS) is 15.0. The highest BCUT2D eigenvalue weighted by atomic mass is 35.5. The Morgan fingerprint density at radius 2 is 1.97 bits per heavy atom. The van der Waals surface area contributed by atoms with Crippen LogP contribution < -0.4 is 4.74 Å².